The van der Waals surface area contributed by atoms with Crippen LogP contribution in [0.5, 0.6) is 0 Å². The minimum atomic E-state index is 0.547. The summed E-state index contributed by atoms with van der Waals surface area (Å²) in [4.78, 5) is 7.03. The van der Waals surface area contributed by atoms with Gasteiger partial charge in [-0.25, -0.2) is 4.98 Å². The van der Waals surface area contributed by atoms with Crippen LogP contribution in [0.1, 0.15) is 42.5 Å². The van der Waals surface area contributed by atoms with E-state index in [1.807, 2.05) is 0 Å². The maximum Gasteiger partial charge on any atom is 0.133 e. The lowest BCUT2D eigenvalue weighted by Gasteiger charge is -2.28. The van der Waals surface area contributed by atoms with Gasteiger partial charge in [0.15, 0.2) is 0 Å². The zero-order chi connectivity index (χ0) is 12.4. The van der Waals surface area contributed by atoms with Crippen molar-refractivity contribution in [3.05, 3.63) is 22.9 Å². The molecule has 0 bridgehead atoms. The van der Waals surface area contributed by atoms with E-state index in [2.05, 4.69) is 31.9 Å². The van der Waals surface area contributed by atoms with Crippen molar-refractivity contribution in [1.82, 2.24) is 4.98 Å². The largest absolute Gasteiger partial charge is 0.356 e. The fourth-order valence-electron chi connectivity index (χ4n) is 2.76. The molecule has 1 saturated carbocycles. The molecule has 1 aromatic rings. The number of hydrogen-bond acceptors (Lipinski definition) is 2. The van der Waals surface area contributed by atoms with Crippen molar-refractivity contribution in [1.29, 1.82) is 0 Å². The van der Waals surface area contributed by atoms with Gasteiger partial charge in [-0.15, -0.1) is 11.6 Å². The van der Waals surface area contributed by atoms with Crippen molar-refractivity contribution in [2.45, 2.75) is 51.5 Å². The van der Waals surface area contributed by atoms with Crippen molar-refractivity contribution >= 4 is 17.4 Å². The molecule has 2 nitrogen and oxygen atoms in total. The molecule has 2 rings (SSSR count). The molecule has 0 N–H and O–H groups in total. The summed E-state index contributed by atoms with van der Waals surface area (Å²) in [7, 11) is 2.16. The van der Waals surface area contributed by atoms with E-state index >= 15 is 0 Å². The average molecular weight is 253 g/mol. The first-order valence-electron chi connectivity index (χ1n) is 6.39. The number of alkyl halides is 1. The molecule has 1 aromatic heterocycles. The molecule has 1 fully saturated rings. The highest BCUT2D eigenvalue weighted by Gasteiger charge is 2.23. The van der Waals surface area contributed by atoms with E-state index in [-0.39, 0.29) is 0 Å². The van der Waals surface area contributed by atoms with Crippen LogP contribution in [0, 0.1) is 13.8 Å². The highest BCUT2D eigenvalue weighted by Crippen LogP contribution is 2.30. The maximum atomic E-state index is 6.07. The summed E-state index contributed by atoms with van der Waals surface area (Å²) in [6.07, 6.45) is 5.26. The molecular weight excluding hydrogens is 232 g/mol. The number of nitrogens with zero attached hydrogens (tertiary/aromatic N) is 2. The SMILES string of the molecule is Cc1cc(C)c(CCl)c(N(C)C2CCCC2)n1. The summed E-state index contributed by atoms with van der Waals surface area (Å²) < 4.78 is 0. The summed E-state index contributed by atoms with van der Waals surface area (Å²) in [6, 6.07) is 2.76. The van der Waals surface area contributed by atoms with E-state index in [1.54, 1.807) is 0 Å². The van der Waals surface area contributed by atoms with Gasteiger partial charge in [0.2, 0.25) is 0 Å². The lowest BCUT2D eigenvalue weighted by atomic mass is 10.1. The number of aromatic nitrogens is 1. The lowest BCUT2D eigenvalue weighted by molar-refractivity contribution is 0.643. The van der Waals surface area contributed by atoms with Crippen molar-refractivity contribution in [2.75, 3.05) is 11.9 Å². The molecule has 0 saturated heterocycles. The van der Waals surface area contributed by atoms with E-state index < -0.39 is 0 Å². The predicted molar refractivity (Wildman–Crippen MR) is 73.9 cm³/mol. The summed E-state index contributed by atoms with van der Waals surface area (Å²) in [5, 5.41) is 0. The topological polar surface area (TPSA) is 16.1 Å². The maximum absolute atomic E-state index is 6.07. The Bertz CT molecular complexity index is 397. The second-order valence-corrected chi connectivity index (χ2v) is 5.33. The van der Waals surface area contributed by atoms with E-state index in [9.17, 15) is 0 Å². The molecule has 0 aromatic carbocycles. The Morgan fingerprint density at radius 2 is 2.00 bits per heavy atom. The van der Waals surface area contributed by atoms with Gasteiger partial charge < -0.3 is 4.90 Å². The van der Waals surface area contributed by atoms with E-state index in [0.29, 0.717) is 11.9 Å². The summed E-state index contributed by atoms with van der Waals surface area (Å²) in [5.41, 5.74) is 3.52. The molecule has 0 unspecified atom stereocenters. The number of pyridine rings is 1. The van der Waals surface area contributed by atoms with Gasteiger partial charge in [0.25, 0.3) is 0 Å². The van der Waals surface area contributed by atoms with Crippen LogP contribution in [-0.4, -0.2) is 18.1 Å². The molecule has 1 aliphatic carbocycles. The van der Waals surface area contributed by atoms with E-state index in [1.165, 1.54) is 36.8 Å². The first-order valence-corrected chi connectivity index (χ1v) is 6.93. The molecule has 1 heterocycles. The molecule has 17 heavy (non-hydrogen) atoms. The summed E-state index contributed by atoms with van der Waals surface area (Å²) in [6.45, 7) is 4.18. The molecule has 0 amide bonds. The predicted octanol–water partition coefficient (Wildman–Crippen LogP) is 3.82. The molecular formula is C14H21ClN2. The quantitative estimate of drug-likeness (QED) is 0.761. The zero-order valence-electron chi connectivity index (χ0n) is 11.0. The molecule has 1 aliphatic rings. The van der Waals surface area contributed by atoms with Gasteiger partial charge in [0.05, 0.1) is 5.88 Å². The Hall–Kier alpha value is -0.760. The monoisotopic (exact) mass is 252 g/mol. The third-order valence-corrected chi connectivity index (χ3v) is 4.06. The Labute approximate surface area is 109 Å². The van der Waals surface area contributed by atoms with Gasteiger partial charge in [-0.1, -0.05) is 12.8 Å². The third-order valence-electron chi connectivity index (χ3n) is 3.79. The molecule has 3 heteroatoms. The van der Waals surface area contributed by atoms with Crippen molar-refractivity contribution in [2.24, 2.45) is 0 Å². The highest BCUT2D eigenvalue weighted by atomic mass is 35.5. The van der Waals surface area contributed by atoms with E-state index in [4.69, 9.17) is 16.6 Å². The third kappa shape index (κ3) is 2.57. The van der Waals surface area contributed by atoms with Crippen LogP contribution in [0.3, 0.4) is 0 Å². The Morgan fingerprint density at radius 3 is 2.59 bits per heavy atom. The van der Waals surface area contributed by atoms with Gasteiger partial charge in [-0.3, -0.25) is 0 Å². The average Bonchev–Trinajstić information content (AvgIpc) is 2.80. The van der Waals surface area contributed by atoms with Crippen molar-refractivity contribution in [3.63, 3.8) is 0 Å². The van der Waals surface area contributed by atoms with Gasteiger partial charge in [0.1, 0.15) is 5.82 Å². The molecule has 0 radical (unpaired) electrons. The van der Waals surface area contributed by atoms with Gasteiger partial charge in [-0.2, -0.15) is 0 Å². The number of aryl methyl sites for hydroxylation is 2. The second-order valence-electron chi connectivity index (χ2n) is 5.07. The first kappa shape index (κ1) is 12.7. The number of anilines is 1. The van der Waals surface area contributed by atoms with Crippen LogP contribution in [-0.2, 0) is 5.88 Å². The number of rotatable bonds is 3. The molecule has 94 valence electrons. The van der Waals surface area contributed by atoms with Crippen LogP contribution in [0.2, 0.25) is 0 Å². The normalized spacial score (nSPS) is 16.5. The van der Waals surface area contributed by atoms with Crippen LogP contribution >= 0.6 is 11.6 Å². The Kier molecular flexibility index (Phi) is 3.93. The smallest absolute Gasteiger partial charge is 0.133 e. The van der Waals surface area contributed by atoms with Crippen molar-refractivity contribution < 1.29 is 0 Å². The van der Waals surface area contributed by atoms with Crippen LogP contribution < -0.4 is 4.90 Å². The van der Waals surface area contributed by atoms with Crippen LogP contribution in [0.25, 0.3) is 0 Å². The fraction of sp³-hybridized carbons (Fsp3) is 0.643. The lowest BCUT2D eigenvalue weighted by Crippen LogP contribution is -2.30. The minimum Gasteiger partial charge on any atom is -0.356 e. The summed E-state index contributed by atoms with van der Waals surface area (Å²) in [5.74, 6) is 1.63. The van der Waals surface area contributed by atoms with E-state index in [0.717, 1.165) is 11.5 Å². The second kappa shape index (κ2) is 5.26. The van der Waals surface area contributed by atoms with Crippen molar-refractivity contribution in [3.8, 4) is 0 Å². The number of hydrogen-bond donors (Lipinski definition) is 0. The van der Waals surface area contributed by atoms with Crippen LogP contribution in [0.15, 0.2) is 6.07 Å². The highest BCUT2D eigenvalue weighted by molar-refractivity contribution is 6.17. The first-order chi connectivity index (χ1) is 8.13. The van der Waals surface area contributed by atoms with Crippen LogP contribution in [0.4, 0.5) is 5.82 Å². The minimum absolute atomic E-state index is 0.547. The van der Waals surface area contributed by atoms with Gasteiger partial charge in [-0.05, 0) is 38.3 Å². The van der Waals surface area contributed by atoms with Gasteiger partial charge >= 0.3 is 0 Å². The summed E-state index contributed by atoms with van der Waals surface area (Å²) >= 11 is 6.07. The zero-order valence-corrected chi connectivity index (χ0v) is 11.7. The molecule has 0 spiro atoms. The Morgan fingerprint density at radius 1 is 1.35 bits per heavy atom. The number of halogens is 1. The molecule has 0 aliphatic heterocycles. The standard InChI is InChI=1S/C14H21ClN2/c1-10-8-11(2)16-14(13(10)9-15)17(3)12-6-4-5-7-12/h8,12H,4-7,9H2,1-3H3. The Balaban J connectivity index is 2.35. The fourth-order valence-corrected chi connectivity index (χ4v) is 3.10. The van der Waals surface area contributed by atoms with Gasteiger partial charge in [0, 0.05) is 24.3 Å². The molecule has 0 atom stereocenters.